The van der Waals surface area contributed by atoms with Crippen molar-refractivity contribution in [2.45, 2.75) is 12.5 Å². The summed E-state index contributed by atoms with van der Waals surface area (Å²) in [5.74, 6) is -0.484. The quantitative estimate of drug-likeness (QED) is 0.290. The zero-order chi connectivity index (χ0) is 19.6. The maximum atomic E-state index is 12.2. The standard InChI is InChI=1S/C15H31N5O3S.CH5N/c1-24-11-2-13(15(22)23)19-14(21)12-20-9-7-17-5-3-16-4-6-18-8-10-20;1-2/h13,16-18H,2-12H2,1H3,(H,19,21)(H,22,23);2H2,1H3. The summed E-state index contributed by atoms with van der Waals surface area (Å²) in [6.07, 6.45) is 2.37. The molecule has 0 spiro atoms. The number of carbonyl (C=O) groups is 2. The van der Waals surface area contributed by atoms with Gasteiger partial charge in [-0.15, -0.1) is 0 Å². The van der Waals surface area contributed by atoms with Crippen LogP contribution in [0.15, 0.2) is 0 Å². The molecule has 7 N–H and O–H groups in total. The Hall–Kier alpha value is -0.910. The Kier molecular flexibility index (Phi) is 16.9. The van der Waals surface area contributed by atoms with Gasteiger partial charge in [0.1, 0.15) is 6.04 Å². The molecule has 26 heavy (non-hydrogen) atoms. The molecular weight excluding hydrogens is 356 g/mol. The van der Waals surface area contributed by atoms with Gasteiger partial charge in [0.2, 0.25) is 5.91 Å². The molecule has 0 bridgehead atoms. The summed E-state index contributed by atoms with van der Waals surface area (Å²) in [6, 6.07) is -0.806. The molecular formula is C16H36N6O3S. The zero-order valence-electron chi connectivity index (χ0n) is 16.1. The lowest BCUT2D eigenvalue weighted by Crippen LogP contribution is -2.48. The van der Waals surface area contributed by atoms with Crippen molar-refractivity contribution in [1.29, 1.82) is 0 Å². The third-order valence-corrected chi connectivity index (χ3v) is 4.42. The van der Waals surface area contributed by atoms with Gasteiger partial charge in [0.25, 0.3) is 0 Å². The van der Waals surface area contributed by atoms with Gasteiger partial charge in [0.05, 0.1) is 6.54 Å². The number of rotatable bonds is 7. The molecule has 1 fully saturated rings. The van der Waals surface area contributed by atoms with Crippen molar-refractivity contribution >= 4 is 23.6 Å². The van der Waals surface area contributed by atoms with E-state index in [1.54, 1.807) is 11.8 Å². The van der Waals surface area contributed by atoms with E-state index in [2.05, 4.69) is 31.9 Å². The zero-order valence-corrected chi connectivity index (χ0v) is 16.9. The van der Waals surface area contributed by atoms with Crippen molar-refractivity contribution in [3.8, 4) is 0 Å². The monoisotopic (exact) mass is 392 g/mol. The van der Waals surface area contributed by atoms with Gasteiger partial charge < -0.3 is 32.1 Å². The van der Waals surface area contributed by atoms with Crippen LogP contribution in [0.4, 0.5) is 0 Å². The Bertz CT molecular complexity index is 364. The number of hydrogen-bond acceptors (Lipinski definition) is 8. The SMILES string of the molecule is CN.CSCCC(NC(=O)CN1CCNCCNCCNCC1)C(=O)O. The second-order valence-electron chi connectivity index (χ2n) is 5.77. The van der Waals surface area contributed by atoms with E-state index >= 15 is 0 Å². The van der Waals surface area contributed by atoms with E-state index in [9.17, 15) is 14.7 Å². The summed E-state index contributed by atoms with van der Waals surface area (Å²) in [4.78, 5) is 25.5. The number of nitrogens with one attached hydrogen (secondary N) is 4. The van der Waals surface area contributed by atoms with Crippen LogP contribution in [0.1, 0.15) is 6.42 Å². The maximum Gasteiger partial charge on any atom is 0.326 e. The van der Waals surface area contributed by atoms with Gasteiger partial charge in [-0.1, -0.05) is 0 Å². The first-order valence-corrected chi connectivity index (χ1v) is 10.5. The number of carboxylic acid groups (broad SMARTS) is 1. The summed E-state index contributed by atoms with van der Waals surface area (Å²) >= 11 is 1.58. The van der Waals surface area contributed by atoms with E-state index in [4.69, 9.17) is 0 Å². The second-order valence-corrected chi connectivity index (χ2v) is 6.75. The normalized spacial score (nSPS) is 18.4. The molecule has 0 aromatic rings. The highest BCUT2D eigenvalue weighted by atomic mass is 32.2. The predicted molar refractivity (Wildman–Crippen MR) is 108 cm³/mol. The number of aliphatic carboxylic acids is 1. The summed E-state index contributed by atoms with van der Waals surface area (Å²) in [5.41, 5.74) is 4.50. The van der Waals surface area contributed by atoms with Crippen LogP contribution in [0.3, 0.4) is 0 Å². The number of hydrogen-bond donors (Lipinski definition) is 6. The molecule has 0 saturated carbocycles. The molecule has 0 radical (unpaired) electrons. The molecule has 1 aliphatic heterocycles. The molecule has 1 amide bonds. The lowest BCUT2D eigenvalue weighted by Gasteiger charge is -2.24. The topological polar surface area (TPSA) is 132 Å². The van der Waals surface area contributed by atoms with Crippen molar-refractivity contribution in [2.24, 2.45) is 5.73 Å². The van der Waals surface area contributed by atoms with Crippen LogP contribution < -0.4 is 27.0 Å². The Labute approximate surface area is 161 Å². The fourth-order valence-electron chi connectivity index (χ4n) is 2.41. The van der Waals surface area contributed by atoms with E-state index in [0.29, 0.717) is 12.2 Å². The molecule has 1 unspecified atom stereocenters. The molecule has 9 nitrogen and oxygen atoms in total. The molecule has 1 aliphatic rings. The first-order chi connectivity index (χ1) is 12.6. The van der Waals surface area contributed by atoms with E-state index in [-0.39, 0.29) is 12.5 Å². The fraction of sp³-hybridized carbons (Fsp3) is 0.875. The lowest BCUT2D eigenvalue weighted by atomic mass is 10.2. The number of nitrogens with two attached hydrogens (primary N) is 1. The van der Waals surface area contributed by atoms with E-state index in [1.807, 2.05) is 6.26 Å². The van der Waals surface area contributed by atoms with Crippen molar-refractivity contribution in [3.05, 3.63) is 0 Å². The average Bonchev–Trinajstić information content (AvgIpc) is 2.62. The van der Waals surface area contributed by atoms with E-state index in [1.165, 1.54) is 7.05 Å². The minimum atomic E-state index is -0.970. The summed E-state index contributed by atoms with van der Waals surface area (Å²) in [5, 5.41) is 21.9. The third-order valence-electron chi connectivity index (χ3n) is 3.78. The minimum absolute atomic E-state index is 0.225. The van der Waals surface area contributed by atoms with Gasteiger partial charge in [-0.3, -0.25) is 9.69 Å². The molecule has 1 saturated heterocycles. The van der Waals surface area contributed by atoms with Crippen LogP contribution in [0.25, 0.3) is 0 Å². The molecule has 0 aromatic carbocycles. The average molecular weight is 393 g/mol. The Balaban J connectivity index is 0.00000301. The molecule has 1 heterocycles. The number of thioether (sulfide) groups is 1. The highest BCUT2D eigenvalue weighted by Crippen LogP contribution is 2.01. The number of carbonyl (C=O) groups excluding carboxylic acids is 1. The van der Waals surface area contributed by atoms with Crippen molar-refractivity contribution in [3.63, 3.8) is 0 Å². The van der Waals surface area contributed by atoms with Gasteiger partial charge in [-0.2, -0.15) is 11.8 Å². The minimum Gasteiger partial charge on any atom is -0.480 e. The van der Waals surface area contributed by atoms with E-state index in [0.717, 1.165) is 52.4 Å². The number of nitrogens with zero attached hydrogens (tertiary/aromatic N) is 1. The number of carboxylic acids is 1. The molecule has 154 valence electrons. The second kappa shape index (κ2) is 17.5. The van der Waals surface area contributed by atoms with Crippen LogP contribution in [0.2, 0.25) is 0 Å². The highest BCUT2D eigenvalue weighted by molar-refractivity contribution is 7.98. The summed E-state index contributed by atoms with van der Waals surface area (Å²) < 4.78 is 0. The highest BCUT2D eigenvalue weighted by Gasteiger charge is 2.20. The fourth-order valence-corrected chi connectivity index (χ4v) is 2.88. The van der Waals surface area contributed by atoms with Crippen LogP contribution in [-0.2, 0) is 9.59 Å². The molecule has 1 atom stereocenters. The maximum absolute atomic E-state index is 12.2. The van der Waals surface area contributed by atoms with Gasteiger partial charge in [-0.05, 0) is 25.5 Å². The smallest absolute Gasteiger partial charge is 0.326 e. The van der Waals surface area contributed by atoms with Crippen LogP contribution >= 0.6 is 11.8 Å². The first-order valence-electron chi connectivity index (χ1n) is 9.07. The van der Waals surface area contributed by atoms with Gasteiger partial charge in [0, 0.05) is 52.4 Å². The molecule has 1 rings (SSSR count). The third kappa shape index (κ3) is 13.3. The lowest BCUT2D eigenvalue weighted by molar-refractivity contribution is -0.142. The summed E-state index contributed by atoms with van der Waals surface area (Å²) in [7, 11) is 1.50. The van der Waals surface area contributed by atoms with Crippen molar-refractivity contribution < 1.29 is 14.7 Å². The largest absolute Gasteiger partial charge is 0.480 e. The number of amides is 1. The van der Waals surface area contributed by atoms with Gasteiger partial charge in [0.15, 0.2) is 0 Å². The molecule has 0 aromatic heterocycles. The van der Waals surface area contributed by atoms with Gasteiger partial charge in [-0.25, -0.2) is 4.79 Å². The first kappa shape index (κ1) is 25.1. The summed E-state index contributed by atoms with van der Waals surface area (Å²) in [6.45, 7) is 7.02. The van der Waals surface area contributed by atoms with Gasteiger partial charge >= 0.3 is 5.97 Å². The molecule has 10 heteroatoms. The Morgan fingerprint density at radius 1 is 1.08 bits per heavy atom. The van der Waals surface area contributed by atoms with Crippen molar-refractivity contribution in [2.75, 3.05) is 78.0 Å². The van der Waals surface area contributed by atoms with Crippen LogP contribution in [0.5, 0.6) is 0 Å². The van der Waals surface area contributed by atoms with E-state index < -0.39 is 12.0 Å². The predicted octanol–water partition coefficient (Wildman–Crippen LogP) is -2.03. The van der Waals surface area contributed by atoms with Crippen LogP contribution in [-0.4, -0.2) is 106 Å². The Morgan fingerprint density at radius 2 is 1.58 bits per heavy atom. The van der Waals surface area contributed by atoms with Crippen LogP contribution in [0, 0.1) is 0 Å². The molecule has 0 aliphatic carbocycles. The van der Waals surface area contributed by atoms with Crippen molar-refractivity contribution in [1.82, 2.24) is 26.2 Å². The Morgan fingerprint density at radius 3 is 2.04 bits per heavy atom.